The van der Waals surface area contributed by atoms with Gasteiger partial charge in [-0.2, -0.15) is 0 Å². The first-order valence-corrected chi connectivity index (χ1v) is 9.31. The Balaban J connectivity index is 0.00000108. The molecule has 0 bridgehead atoms. The van der Waals surface area contributed by atoms with Gasteiger partial charge >= 0.3 is 103 Å². The van der Waals surface area contributed by atoms with E-state index >= 15 is 0 Å². The van der Waals surface area contributed by atoms with Gasteiger partial charge in [-0.25, -0.2) is 0 Å². The van der Waals surface area contributed by atoms with Gasteiger partial charge in [-0.05, 0) is 0 Å². The average molecular weight is 563 g/mol. The van der Waals surface area contributed by atoms with Crippen molar-refractivity contribution >= 4 is 26.0 Å². The molecule has 1 aromatic rings. The molecule has 1 unspecified atom stereocenters. The molecule has 0 aromatic heterocycles. The van der Waals surface area contributed by atoms with Gasteiger partial charge in [0.15, 0.2) is 0 Å². The predicted octanol–water partition coefficient (Wildman–Crippen LogP) is 0.415. The fourth-order valence-corrected chi connectivity index (χ4v) is 6.01. The van der Waals surface area contributed by atoms with Gasteiger partial charge in [0.2, 0.25) is 0 Å². The second kappa shape index (κ2) is 5.89. The first-order chi connectivity index (χ1) is 7.88. The maximum atomic E-state index is 5.37. The topological polar surface area (TPSA) is 23.2 Å². The average Bonchev–Trinajstić information content (AvgIpc) is 3.14. The van der Waals surface area contributed by atoms with Gasteiger partial charge in [-0.1, -0.05) is 0 Å². The molecule has 2 aliphatic heterocycles. The summed E-state index contributed by atoms with van der Waals surface area (Å²) in [4.78, 5) is 2.88. The van der Waals surface area contributed by atoms with Crippen LogP contribution >= 0.6 is 19.8 Å². The molecule has 86 valence electrons. The second-order valence-electron chi connectivity index (χ2n) is 3.70. The summed E-state index contributed by atoms with van der Waals surface area (Å²) in [6.45, 7) is 0. The van der Waals surface area contributed by atoms with Crippen molar-refractivity contribution in [1.82, 2.24) is 0 Å². The molecule has 1 fully saturated rings. The van der Waals surface area contributed by atoms with Crippen LogP contribution in [0.2, 0.25) is 0 Å². The summed E-state index contributed by atoms with van der Waals surface area (Å²) in [5.74, 6) is 3.02. The normalized spacial score (nSPS) is 21.7. The Bertz CT molecular complexity index is 514. The van der Waals surface area contributed by atoms with Crippen molar-refractivity contribution in [3.63, 3.8) is 0 Å². The molecule has 3 rings (SSSR count). The van der Waals surface area contributed by atoms with Crippen molar-refractivity contribution in [2.75, 3.05) is 16.0 Å². The van der Waals surface area contributed by atoms with Crippen LogP contribution in [0.15, 0.2) is 18.2 Å². The molecule has 2 nitrogen and oxygen atoms in total. The quantitative estimate of drug-likeness (QED) is 0.240. The maximum absolute atomic E-state index is 5.37. The minimum absolute atomic E-state index is 0. The fraction of sp³-hybridized carbons (Fsp3) is 0.308. The van der Waals surface area contributed by atoms with Crippen LogP contribution in [0.4, 0.5) is 0 Å². The second-order valence-corrected chi connectivity index (χ2v) is 9.71. The van der Waals surface area contributed by atoms with Gasteiger partial charge in [0, 0.05) is 31.1 Å². The molecule has 0 amide bonds. The smallest absolute Gasteiger partial charge is 0 e. The Morgan fingerprint density at radius 3 is 3.00 bits per heavy atom. The molecule has 4 heteroatoms. The van der Waals surface area contributed by atoms with Crippen LogP contribution in [-0.4, -0.2) is 22.2 Å². The van der Waals surface area contributed by atoms with Crippen LogP contribution in [0.5, 0.6) is 0 Å². The van der Waals surface area contributed by atoms with E-state index in [0.717, 1.165) is 11.1 Å². The summed E-state index contributed by atoms with van der Waals surface area (Å²) in [5.41, 5.74) is 2.23. The van der Waals surface area contributed by atoms with E-state index in [0.29, 0.717) is 0 Å². The largest absolute Gasteiger partial charge is 0 e. The van der Waals surface area contributed by atoms with Crippen LogP contribution in [0.1, 0.15) is 17.2 Å². The van der Waals surface area contributed by atoms with Gasteiger partial charge in [-0.15, -0.1) is 0 Å². The summed E-state index contributed by atoms with van der Waals surface area (Å²) in [5, 5.41) is 0. The number of rotatable bonds is 2. The molecule has 1 aromatic carbocycles. The van der Waals surface area contributed by atoms with Crippen LogP contribution in [0, 0.1) is 46.6 Å². The molecule has 0 spiro atoms. The van der Waals surface area contributed by atoms with Crippen molar-refractivity contribution in [2.45, 2.75) is 6.10 Å². The van der Waals surface area contributed by atoms with E-state index in [1.54, 1.807) is 10.7 Å². The van der Waals surface area contributed by atoms with Crippen molar-refractivity contribution in [1.29, 1.82) is 0 Å². The van der Waals surface area contributed by atoms with Gasteiger partial charge < -0.3 is 0 Å². The Kier molecular flexibility index (Phi) is 4.72. The zero-order chi connectivity index (χ0) is 11.0. The van der Waals surface area contributed by atoms with E-state index in [4.69, 9.17) is 4.74 Å². The molecule has 1 N–H and O–H groups in total. The third-order valence-electron chi connectivity index (χ3n) is 2.68. The van der Waals surface area contributed by atoms with Crippen LogP contribution in [-0.2, 0) is 4.74 Å². The molecule has 1 saturated heterocycles. The maximum Gasteiger partial charge on any atom is 0 e. The molecular weight excluding hydrogens is 551 g/mol. The van der Waals surface area contributed by atoms with Gasteiger partial charge in [0.25, 0.3) is 0 Å². The Morgan fingerprint density at radius 2 is 2.29 bits per heavy atom. The number of hydrogen-bond acceptors (Lipinski definition) is 1. The minimum atomic E-state index is -0.686. The summed E-state index contributed by atoms with van der Waals surface area (Å²) in [7, 11) is 1.69. The Labute approximate surface area is 132 Å². The van der Waals surface area contributed by atoms with Gasteiger partial charge in [0.05, 0.1) is 0 Å². The molecule has 0 radical (unpaired) electrons. The van der Waals surface area contributed by atoms with E-state index in [1.165, 1.54) is 8.86 Å². The third-order valence-corrected chi connectivity index (χ3v) is 7.27. The molecule has 0 saturated carbocycles. The Hall–Kier alpha value is 0.192. The van der Waals surface area contributed by atoms with E-state index in [-0.39, 0.29) is 37.2 Å². The first-order valence-electron chi connectivity index (χ1n) is 5.18. The SMILES string of the molecule is COC1C#C[NH+]=[C-]c2cc(I3CC3)ccc21.[U]. The number of halogens is 1. The third kappa shape index (κ3) is 2.96. The van der Waals surface area contributed by atoms with E-state index < -0.39 is 19.8 Å². The van der Waals surface area contributed by atoms with Crippen LogP contribution in [0.25, 0.3) is 0 Å². The van der Waals surface area contributed by atoms with Crippen molar-refractivity contribution in [3.8, 4) is 12.0 Å². The summed E-state index contributed by atoms with van der Waals surface area (Å²) in [6.07, 6.45) is 3.00. The zero-order valence-corrected chi connectivity index (χ0v) is 15.8. The molecule has 17 heavy (non-hydrogen) atoms. The monoisotopic (exact) mass is 563 g/mol. The van der Waals surface area contributed by atoms with E-state index in [2.05, 4.69) is 41.4 Å². The van der Waals surface area contributed by atoms with E-state index in [9.17, 15) is 0 Å². The Morgan fingerprint density at radius 1 is 1.47 bits per heavy atom. The summed E-state index contributed by atoms with van der Waals surface area (Å²) < 4.78 is 9.88. The number of ether oxygens (including phenoxy) is 1. The fourth-order valence-electron chi connectivity index (χ4n) is 1.75. The molecule has 1 atom stereocenters. The zero-order valence-electron chi connectivity index (χ0n) is 9.51. The number of hydrogen-bond donors (Lipinski definition) is 1. The van der Waals surface area contributed by atoms with Gasteiger partial charge in [-0.3, -0.25) is 0 Å². The molecule has 0 aliphatic carbocycles. The minimum Gasteiger partial charge on any atom is 0 e. The number of benzene rings is 1. The number of nitrogens with one attached hydrogen (secondary N) is 1. The van der Waals surface area contributed by atoms with Gasteiger partial charge in [0.1, 0.15) is 0 Å². The predicted molar refractivity (Wildman–Crippen MR) is 71.5 cm³/mol. The summed E-state index contributed by atoms with van der Waals surface area (Å²) in [6, 6.07) is 9.52. The molecular formula is C13H12INOU. The standard InChI is InChI=1S/C13H12INO.U/c1-16-13-4-7-15-9-10-8-11(14-5-6-14)2-3-12(10)13;/h2-3,8,13,15H,5-6H2,1H3;. The van der Waals surface area contributed by atoms with Crippen molar-refractivity contribution in [3.05, 3.63) is 32.9 Å². The van der Waals surface area contributed by atoms with Crippen molar-refractivity contribution in [2.24, 2.45) is 0 Å². The van der Waals surface area contributed by atoms with Crippen molar-refractivity contribution < 1.29 is 40.8 Å². The number of fused-ring (bicyclic) bond motifs is 1. The summed E-state index contributed by atoms with van der Waals surface area (Å²) >= 11 is -0.686. The molecule has 2 aliphatic rings. The first kappa shape index (κ1) is 13.6. The van der Waals surface area contributed by atoms with Crippen LogP contribution < -0.4 is 4.99 Å². The number of alkyl halides is 2. The molecule has 2 heterocycles. The van der Waals surface area contributed by atoms with Crippen LogP contribution in [0.3, 0.4) is 0 Å². The van der Waals surface area contributed by atoms with E-state index in [1.807, 2.05) is 0 Å². The number of methoxy groups -OCH3 is 1.